The van der Waals surface area contributed by atoms with E-state index in [2.05, 4.69) is 10.6 Å². The first-order valence-corrected chi connectivity index (χ1v) is 6.85. The summed E-state index contributed by atoms with van der Waals surface area (Å²) in [7, 11) is 0. The highest BCUT2D eigenvalue weighted by Crippen LogP contribution is 2.23. The van der Waals surface area contributed by atoms with Gasteiger partial charge < -0.3 is 10.6 Å². The number of nitro benzene ring substituents is 1. The van der Waals surface area contributed by atoms with Crippen molar-refractivity contribution in [3.8, 4) is 0 Å². The van der Waals surface area contributed by atoms with E-state index in [1.807, 2.05) is 31.2 Å². The lowest BCUT2D eigenvalue weighted by molar-refractivity contribution is -0.383. The second-order valence-corrected chi connectivity index (χ2v) is 5.00. The number of hydrogen-bond acceptors (Lipinski definition) is 4. The van der Waals surface area contributed by atoms with Crippen molar-refractivity contribution >= 4 is 23.0 Å². The van der Waals surface area contributed by atoms with Gasteiger partial charge in [0.1, 0.15) is 11.7 Å². The molecule has 0 aliphatic carbocycles. The summed E-state index contributed by atoms with van der Waals surface area (Å²) in [5, 5.41) is 16.6. The summed E-state index contributed by atoms with van der Waals surface area (Å²) in [4.78, 5) is 22.6. The normalized spacial score (nSPS) is 11.5. The number of nitrogens with zero attached hydrogens (tertiary/aromatic N) is 1. The molecule has 0 bridgehead atoms. The maximum absolute atomic E-state index is 12.2. The molecule has 2 rings (SSSR count). The van der Waals surface area contributed by atoms with Crippen LogP contribution in [-0.4, -0.2) is 16.9 Å². The lowest BCUT2D eigenvalue weighted by atomic mass is 10.2. The summed E-state index contributed by atoms with van der Waals surface area (Å²) >= 11 is 0. The van der Waals surface area contributed by atoms with Crippen LogP contribution < -0.4 is 10.6 Å². The molecule has 2 aromatic rings. The number of benzene rings is 2. The number of carbonyl (C=O) groups excluding carboxylic acids is 1. The van der Waals surface area contributed by atoms with Crippen molar-refractivity contribution in [3.63, 3.8) is 0 Å². The van der Waals surface area contributed by atoms with Crippen molar-refractivity contribution in [1.29, 1.82) is 0 Å². The van der Waals surface area contributed by atoms with Crippen molar-refractivity contribution in [2.24, 2.45) is 0 Å². The van der Waals surface area contributed by atoms with Crippen LogP contribution in [0.15, 0.2) is 48.5 Å². The second kappa shape index (κ2) is 6.71. The smallest absolute Gasteiger partial charge is 0.292 e. The largest absolute Gasteiger partial charge is 0.374 e. The molecule has 0 radical (unpaired) electrons. The molecule has 1 atom stereocenters. The van der Waals surface area contributed by atoms with Crippen LogP contribution in [0.5, 0.6) is 0 Å². The van der Waals surface area contributed by atoms with Gasteiger partial charge in [-0.2, -0.15) is 0 Å². The van der Waals surface area contributed by atoms with Gasteiger partial charge in [-0.05, 0) is 32.0 Å². The average molecular weight is 299 g/mol. The minimum Gasteiger partial charge on any atom is -0.374 e. The molecule has 0 aliphatic heterocycles. The van der Waals surface area contributed by atoms with E-state index in [0.29, 0.717) is 0 Å². The zero-order valence-corrected chi connectivity index (χ0v) is 12.4. The second-order valence-electron chi connectivity index (χ2n) is 5.00. The molecular weight excluding hydrogens is 282 g/mol. The van der Waals surface area contributed by atoms with Crippen molar-refractivity contribution in [1.82, 2.24) is 0 Å². The minimum absolute atomic E-state index is 0.126. The van der Waals surface area contributed by atoms with Gasteiger partial charge in [0, 0.05) is 11.8 Å². The summed E-state index contributed by atoms with van der Waals surface area (Å²) in [6.45, 7) is 3.68. The fourth-order valence-electron chi connectivity index (χ4n) is 1.94. The highest BCUT2D eigenvalue weighted by atomic mass is 16.6. The number of para-hydroxylation sites is 2. The van der Waals surface area contributed by atoms with Crippen molar-refractivity contribution in [2.45, 2.75) is 19.9 Å². The van der Waals surface area contributed by atoms with Crippen LogP contribution in [0.4, 0.5) is 17.1 Å². The van der Waals surface area contributed by atoms with Gasteiger partial charge in [0.2, 0.25) is 5.91 Å². The van der Waals surface area contributed by atoms with E-state index in [1.54, 1.807) is 19.1 Å². The molecule has 0 unspecified atom stereocenters. The Kier molecular flexibility index (Phi) is 4.73. The number of aryl methyl sites for hydroxylation is 1. The molecule has 0 heterocycles. The first-order chi connectivity index (χ1) is 10.5. The maximum Gasteiger partial charge on any atom is 0.292 e. The maximum atomic E-state index is 12.2. The Morgan fingerprint density at radius 2 is 1.77 bits per heavy atom. The zero-order valence-electron chi connectivity index (χ0n) is 12.4. The fraction of sp³-hybridized carbons (Fsp3) is 0.188. The molecule has 0 saturated carbocycles. The molecule has 6 heteroatoms. The summed E-state index contributed by atoms with van der Waals surface area (Å²) in [5.41, 5.74) is 2.01. The Morgan fingerprint density at radius 1 is 1.14 bits per heavy atom. The summed E-state index contributed by atoms with van der Waals surface area (Å²) in [5.74, 6) is -0.338. The van der Waals surface area contributed by atoms with Crippen molar-refractivity contribution in [2.75, 3.05) is 10.6 Å². The minimum atomic E-state index is -0.525. The Labute approximate surface area is 128 Å². The van der Waals surface area contributed by atoms with Crippen LogP contribution in [0, 0.1) is 17.0 Å². The SMILES string of the molecule is Cc1ccc(N[C@H](C)C(=O)Nc2ccccc2[N+](=O)[O-])cc1. The highest BCUT2D eigenvalue weighted by Gasteiger charge is 2.18. The zero-order chi connectivity index (χ0) is 16.1. The highest BCUT2D eigenvalue weighted by molar-refractivity contribution is 5.97. The molecule has 0 saturated heterocycles. The van der Waals surface area contributed by atoms with Crippen LogP contribution in [-0.2, 0) is 4.79 Å². The van der Waals surface area contributed by atoms with Gasteiger partial charge in [-0.3, -0.25) is 14.9 Å². The molecule has 114 valence electrons. The Bertz CT molecular complexity index is 683. The van der Waals surface area contributed by atoms with E-state index >= 15 is 0 Å². The number of amides is 1. The first kappa shape index (κ1) is 15.5. The number of hydrogen-bond donors (Lipinski definition) is 2. The molecule has 0 aliphatic rings. The number of rotatable bonds is 5. The third-order valence-electron chi connectivity index (χ3n) is 3.19. The van der Waals surface area contributed by atoms with Gasteiger partial charge in [0.05, 0.1) is 4.92 Å². The Morgan fingerprint density at radius 3 is 2.41 bits per heavy atom. The van der Waals surface area contributed by atoms with E-state index in [-0.39, 0.29) is 17.3 Å². The van der Waals surface area contributed by atoms with Crippen LogP contribution >= 0.6 is 0 Å². The fourth-order valence-corrected chi connectivity index (χ4v) is 1.94. The number of nitrogens with one attached hydrogen (secondary N) is 2. The standard InChI is InChI=1S/C16H17N3O3/c1-11-7-9-13(10-8-11)17-12(2)16(20)18-14-5-3-4-6-15(14)19(21)22/h3-10,12,17H,1-2H3,(H,18,20)/t12-/m1/s1. The Hall–Kier alpha value is -2.89. The lowest BCUT2D eigenvalue weighted by Gasteiger charge is -2.15. The van der Waals surface area contributed by atoms with E-state index < -0.39 is 11.0 Å². The quantitative estimate of drug-likeness (QED) is 0.655. The van der Waals surface area contributed by atoms with Gasteiger partial charge in [-0.25, -0.2) is 0 Å². The molecule has 2 N–H and O–H groups in total. The van der Waals surface area contributed by atoms with E-state index in [0.717, 1.165) is 11.3 Å². The molecule has 0 fully saturated rings. The van der Waals surface area contributed by atoms with Crippen molar-refractivity contribution < 1.29 is 9.72 Å². The Balaban J connectivity index is 2.05. The van der Waals surface area contributed by atoms with Gasteiger partial charge in [0.25, 0.3) is 5.69 Å². The van der Waals surface area contributed by atoms with Crippen molar-refractivity contribution in [3.05, 3.63) is 64.2 Å². The molecule has 2 aromatic carbocycles. The van der Waals surface area contributed by atoms with Gasteiger partial charge in [-0.15, -0.1) is 0 Å². The topological polar surface area (TPSA) is 84.3 Å². The summed E-state index contributed by atoms with van der Waals surface area (Å²) in [6.07, 6.45) is 0. The molecule has 0 spiro atoms. The van der Waals surface area contributed by atoms with Crippen LogP contribution in [0.1, 0.15) is 12.5 Å². The molecular formula is C16H17N3O3. The van der Waals surface area contributed by atoms with Gasteiger partial charge in [-0.1, -0.05) is 29.8 Å². The lowest BCUT2D eigenvalue weighted by Crippen LogP contribution is -2.32. The monoisotopic (exact) mass is 299 g/mol. The van der Waals surface area contributed by atoms with E-state index in [4.69, 9.17) is 0 Å². The van der Waals surface area contributed by atoms with Crippen LogP contribution in [0.25, 0.3) is 0 Å². The number of carbonyl (C=O) groups is 1. The third kappa shape index (κ3) is 3.82. The molecule has 1 amide bonds. The van der Waals surface area contributed by atoms with Gasteiger partial charge in [0.15, 0.2) is 0 Å². The third-order valence-corrected chi connectivity index (χ3v) is 3.19. The number of anilines is 2. The van der Waals surface area contributed by atoms with E-state index in [9.17, 15) is 14.9 Å². The molecule has 22 heavy (non-hydrogen) atoms. The average Bonchev–Trinajstić information content (AvgIpc) is 2.49. The molecule has 6 nitrogen and oxygen atoms in total. The van der Waals surface area contributed by atoms with E-state index in [1.165, 1.54) is 12.1 Å². The molecule has 0 aromatic heterocycles. The summed E-state index contributed by atoms with van der Waals surface area (Å²) < 4.78 is 0. The van der Waals surface area contributed by atoms with Crippen LogP contribution in [0.3, 0.4) is 0 Å². The predicted molar refractivity (Wildman–Crippen MR) is 86.0 cm³/mol. The van der Waals surface area contributed by atoms with Gasteiger partial charge >= 0.3 is 0 Å². The van der Waals surface area contributed by atoms with Crippen LogP contribution in [0.2, 0.25) is 0 Å². The predicted octanol–water partition coefficient (Wildman–Crippen LogP) is 3.34. The summed E-state index contributed by atoms with van der Waals surface area (Å²) in [6, 6.07) is 13.2. The number of nitro groups is 1. The first-order valence-electron chi connectivity index (χ1n) is 6.85.